The maximum absolute atomic E-state index is 6.32. The number of nitrogens with zero attached hydrogens (tertiary/aromatic N) is 2. The van der Waals surface area contributed by atoms with Crippen molar-refractivity contribution in [3.63, 3.8) is 0 Å². The molecule has 0 saturated heterocycles. The zero-order valence-corrected chi connectivity index (χ0v) is 9.53. The van der Waals surface area contributed by atoms with Crippen molar-refractivity contribution in [1.29, 1.82) is 0 Å². The fourth-order valence-electron chi connectivity index (χ4n) is 2.16. The molecular formula is C12H19N3. The Morgan fingerprint density at radius 1 is 1.33 bits per heavy atom. The third-order valence-corrected chi connectivity index (χ3v) is 3.21. The second-order valence-corrected chi connectivity index (χ2v) is 4.82. The Hall–Kier alpha value is -0.960. The van der Waals surface area contributed by atoms with E-state index in [0.29, 0.717) is 5.92 Å². The molecule has 3 nitrogen and oxygen atoms in total. The van der Waals surface area contributed by atoms with E-state index in [0.717, 1.165) is 24.4 Å². The van der Waals surface area contributed by atoms with E-state index in [2.05, 4.69) is 23.8 Å². The molecule has 2 rings (SSSR count). The van der Waals surface area contributed by atoms with E-state index in [1.807, 2.05) is 12.3 Å². The normalized spacial score (nSPS) is 19.7. The third-order valence-electron chi connectivity index (χ3n) is 3.21. The fraction of sp³-hybridized carbons (Fsp3) is 0.667. The Labute approximate surface area is 91.1 Å². The first-order valence-corrected chi connectivity index (χ1v) is 5.74. The molecule has 0 unspecified atom stereocenters. The SMILES string of the molecule is CC(C)c1ccnc(C2(N)CCCC2)n1. The number of aromatic nitrogens is 2. The van der Waals surface area contributed by atoms with Crippen LogP contribution in [0.25, 0.3) is 0 Å². The lowest BCUT2D eigenvalue weighted by Gasteiger charge is -2.22. The summed E-state index contributed by atoms with van der Waals surface area (Å²) < 4.78 is 0. The van der Waals surface area contributed by atoms with E-state index in [1.54, 1.807) is 0 Å². The van der Waals surface area contributed by atoms with Crippen molar-refractivity contribution in [2.45, 2.75) is 51.0 Å². The van der Waals surface area contributed by atoms with E-state index in [1.165, 1.54) is 12.8 Å². The van der Waals surface area contributed by atoms with Crippen LogP contribution in [0.3, 0.4) is 0 Å². The average Bonchev–Trinajstić information content (AvgIpc) is 2.67. The maximum atomic E-state index is 6.32. The largest absolute Gasteiger partial charge is 0.319 e. The molecule has 1 aromatic rings. The molecule has 0 bridgehead atoms. The van der Waals surface area contributed by atoms with Gasteiger partial charge >= 0.3 is 0 Å². The van der Waals surface area contributed by atoms with Crippen molar-refractivity contribution in [2.24, 2.45) is 5.73 Å². The lowest BCUT2D eigenvalue weighted by Crippen LogP contribution is -2.35. The van der Waals surface area contributed by atoms with Gasteiger partial charge in [0.15, 0.2) is 0 Å². The minimum atomic E-state index is -0.259. The van der Waals surface area contributed by atoms with Crippen molar-refractivity contribution in [3.05, 3.63) is 23.8 Å². The first-order chi connectivity index (χ1) is 7.12. The van der Waals surface area contributed by atoms with Gasteiger partial charge in [0.25, 0.3) is 0 Å². The predicted octanol–water partition coefficient (Wildman–Crippen LogP) is 2.33. The highest BCUT2D eigenvalue weighted by molar-refractivity contribution is 5.13. The Balaban J connectivity index is 2.31. The number of hydrogen-bond donors (Lipinski definition) is 1. The Morgan fingerprint density at radius 2 is 2.00 bits per heavy atom. The van der Waals surface area contributed by atoms with Gasteiger partial charge in [-0.15, -0.1) is 0 Å². The van der Waals surface area contributed by atoms with Gasteiger partial charge in [0.2, 0.25) is 0 Å². The summed E-state index contributed by atoms with van der Waals surface area (Å²) in [6.45, 7) is 4.29. The molecule has 1 aliphatic rings. The van der Waals surface area contributed by atoms with Crippen molar-refractivity contribution in [2.75, 3.05) is 0 Å². The first-order valence-electron chi connectivity index (χ1n) is 5.74. The van der Waals surface area contributed by atoms with Crippen LogP contribution in [0.2, 0.25) is 0 Å². The van der Waals surface area contributed by atoms with E-state index in [9.17, 15) is 0 Å². The van der Waals surface area contributed by atoms with Gasteiger partial charge in [0, 0.05) is 11.9 Å². The van der Waals surface area contributed by atoms with Gasteiger partial charge in [0.05, 0.1) is 5.54 Å². The summed E-state index contributed by atoms with van der Waals surface area (Å²) in [5.74, 6) is 1.28. The summed E-state index contributed by atoms with van der Waals surface area (Å²) in [6, 6.07) is 1.98. The van der Waals surface area contributed by atoms with Gasteiger partial charge in [-0.05, 0) is 24.8 Å². The zero-order valence-electron chi connectivity index (χ0n) is 9.53. The lowest BCUT2D eigenvalue weighted by atomic mass is 9.97. The van der Waals surface area contributed by atoms with Gasteiger partial charge in [0.1, 0.15) is 5.82 Å². The van der Waals surface area contributed by atoms with Crippen molar-refractivity contribution < 1.29 is 0 Å². The monoisotopic (exact) mass is 205 g/mol. The van der Waals surface area contributed by atoms with Crippen molar-refractivity contribution in [1.82, 2.24) is 9.97 Å². The molecule has 0 aliphatic heterocycles. The van der Waals surface area contributed by atoms with Crippen LogP contribution in [0.4, 0.5) is 0 Å². The smallest absolute Gasteiger partial charge is 0.148 e. The van der Waals surface area contributed by atoms with Gasteiger partial charge in [-0.25, -0.2) is 9.97 Å². The molecule has 3 heteroatoms. The van der Waals surface area contributed by atoms with Gasteiger partial charge in [-0.3, -0.25) is 0 Å². The number of nitrogens with two attached hydrogens (primary N) is 1. The minimum absolute atomic E-state index is 0.259. The molecule has 0 aromatic carbocycles. The first kappa shape index (κ1) is 10.6. The molecule has 0 atom stereocenters. The summed E-state index contributed by atoms with van der Waals surface area (Å²) in [5, 5.41) is 0. The van der Waals surface area contributed by atoms with E-state index in [-0.39, 0.29) is 5.54 Å². The standard InChI is InChI=1S/C12H19N3/c1-9(2)10-5-8-14-11(15-10)12(13)6-3-4-7-12/h5,8-9H,3-4,6-7,13H2,1-2H3. The van der Waals surface area contributed by atoms with E-state index < -0.39 is 0 Å². The summed E-state index contributed by atoms with van der Waals surface area (Å²) in [5.41, 5.74) is 7.16. The topological polar surface area (TPSA) is 51.8 Å². The molecule has 15 heavy (non-hydrogen) atoms. The molecule has 2 N–H and O–H groups in total. The van der Waals surface area contributed by atoms with Gasteiger partial charge in [-0.2, -0.15) is 0 Å². The van der Waals surface area contributed by atoms with Crippen LogP contribution in [0.15, 0.2) is 12.3 Å². The van der Waals surface area contributed by atoms with Crippen LogP contribution >= 0.6 is 0 Å². The average molecular weight is 205 g/mol. The molecule has 1 aliphatic carbocycles. The molecular weight excluding hydrogens is 186 g/mol. The van der Waals surface area contributed by atoms with E-state index in [4.69, 9.17) is 5.73 Å². The molecule has 82 valence electrons. The summed E-state index contributed by atoms with van der Waals surface area (Å²) in [7, 11) is 0. The van der Waals surface area contributed by atoms with E-state index >= 15 is 0 Å². The van der Waals surface area contributed by atoms with Crippen LogP contribution in [-0.2, 0) is 5.54 Å². The number of hydrogen-bond acceptors (Lipinski definition) is 3. The molecule has 1 heterocycles. The predicted molar refractivity (Wildman–Crippen MR) is 60.5 cm³/mol. The molecule has 1 fully saturated rings. The zero-order chi connectivity index (χ0) is 10.9. The van der Waals surface area contributed by atoms with Crippen molar-refractivity contribution >= 4 is 0 Å². The van der Waals surface area contributed by atoms with Crippen molar-refractivity contribution in [3.8, 4) is 0 Å². The van der Waals surface area contributed by atoms with Crippen LogP contribution in [0.5, 0.6) is 0 Å². The molecule has 0 amide bonds. The van der Waals surface area contributed by atoms with Crippen LogP contribution in [0.1, 0.15) is 57.0 Å². The highest BCUT2D eigenvalue weighted by Gasteiger charge is 2.34. The minimum Gasteiger partial charge on any atom is -0.319 e. The number of rotatable bonds is 2. The quantitative estimate of drug-likeness (QED) is 0.806. The fourth-order valence-corrected chi connectivity index (χ4v) is 2.16. The van der Waals surface area contributed by atoms with Gasteiger partial charge < -0.3 is 5.73 Å². The highest BCUT2D eigenvalue weighted by atomic mass is 15.0. The third kappa shape index (κ3) is 2.02. The molecule has 0 spiro atoms. The van der Waals surface area contributed by atoms with Crippen LogP contribution in [-0.4, -0.2) is 9.97 Å². The van der Waals surface area contributed by atoms with Gasteiger partial charge in [-0.1, -0.05) is 26.7 Å². The summed E-state index contributed by atoms with van der Waals surface area (Å²) in [4.78, 5) is 8.93. The summed E-state index contributed by atoms with van der Waals surface area (Å²) in [6.07, 6.45) is 6.28. The maximum Gasteiger partial charge on any atom is 0.148 e. The second-order valence-electron chi connectivity index (χ2n) is 4.82. The lowest BCUT2D eigenvalue weighted by molar-refractivity contribution is 0.428. The Kier molecular flexibility index (Phi) is 2.74. The molecule has 1 saturated carbocycles. The molecule has 1 aromatic heterocycles. The molecule has 0 radical (unpaired) electrons. The Morgan fingerprint density at radius 3 is 2.60 bits per heavy atom. The highest BCUT2D eigenvalue weighted by Crippen LogP contribution is 2.34. The Bertz CT molecular complexity index is 340. The second kappa shape index (κ2) is 3.89. The summed E-state index contributed by atoms with van der Waals surface area (Å²) >= 11 is 0. The van der Waals surface area contributed by atoms with Crippen LogP contribution in [0, 0.1) is 0 Å². The van der Waals surface area contributed by atoms with Crippen LogP contribution < -0.4 is 5.73 Å².